The second kappa shape index (κ2) is 8.72. The summed E-state index contributed by atoms with van der Waals surface area (Å²) in [7, 11) is 0. The number of hydrogen-bond acceptors (Lipinski definition) is 6. The van der Waals surface area contributed by atoms with Gasteiger partial charge in [-0.1, -0.05) is 0 Å². The lowest BCUT2D eigenvalue weighted by Crippen LogP contribution is -2.17. The van der Waals surface area contributed by atoms with Gasteiger partial charge in [-0.3, -0.25) is 19.4 Å². The summed E-state index contributed by atoms with van der Waals surface area (Å²) in [6.45, 7) is 4.03. The first-order valence-corrected chi connectivity index (χ1v) is 10.8. The van der Waals surface area contributed by atoms with E-state index in [2.05, 4.69) is 20.5 Å². The number of pyridine rings is 1. The lowest BCUT2D eigenvalue weighted by Gasteiger charge is -2.10. The molecule has 0 bridgehead atoms. The second-order valence-corrected chi connectivity index (χ2v) is 8.32. The normalized spacial score (nSPS) is 12.0. The van der Waals surface area contributed by atoms with Crippen molar-refractivity contribution in [1.29, 1.82) is 0 Å². The van der Waals surface area contributed by atoms with E-state index >= 15 is 0 Å². The van der Waals surface area contributed by atoms with E-state index in [1.165, 1.54) is 6.20 Å². The van der Waals surface area contributed by atoms with E-state index in [4.69, 9.17) is 5.73 Å². The second-order valence-electron chi connectivity index (χ2n) is 7.32. The van der Waals surface area contributed by atoms with Crippen molar-refractivity contribution >= 4 is 39.1 Å². The molecule has 0 unspecified atom stereocenters. The predicted molar refractivity (Wildman–Crippen MR) is 116 cm³/mol. The van der Waals surface area contributed by atoms with Crippen molar-refractivity contribution in [2.75, 3.05) is 5.32 Å². The summed E-state index contributed by atoms with van der Waals surface area (Å²) in [5, 5.41) is 11.8. The van der Waals surface area contributed by atoms with Gasteiger partial charge in [-0.2, -0.15) is 23.4 Å². The van der Waals surface area contributed by atoms with Crippen LogP contribution in [0.1, 0.15) is 50.6 Å². The van der Waals surface area contributed by atoms with Gasteiger partial charge in [-0.25, -0.2) is 13.8 Å². The third-order valence-corrected chi connectivity index (χ3v) is 6.27. The summed E-state index contributed by atoms with van der Waals surface area (Å²) in [5.41, 5.74) is 4.09. The van der Waals surface area contributed by atoms with Crippen LogP contribution in [-0.2, 0) is 12.7 Å². The summed E-state index contributed by atoms with van der Waals surface area (Å²) in [6.07, 6.45) is -6.26. The van der Waals surface area contributed by atoms with Crippen LogP contribution in [0, 0.1) is 6.92 Å². The minimum Gasteiger partial charge on any atom is -0.365 e. The summed E-state index contributed by atoms with van der Waals surface area (Å²) < 4.78 is 67.5. The number of H-pyrrole nitrogens is 1. The highest BCUT2D eigenvalue weighted by atomic mass is 32.1. The number of rotatable bonds is 6. The molecule has 0 spiro atoms. The molecule has 0 aliphatic carbocycles. The zero-order chi connectivity index (χ0) is 25.7. The molecule has 4 N–H and O–H groups in total. The van der Waals surface area contributed by atoms with Gasteiger partial charge >= 0.3 is 6.18 Å². The third kappa shape index (κ3) is 4.34. The largest absolute Gasteiger partial charge is 0.432 e. The Morgan fingerprint density at radius 1 is 1.26 bits per heavy atom. The average molecular weight is 513 g/mol. The number of nitrogens with zero attached hydrogens (tertiary/aromatic N) is 4. The predicted octanol–water partition coefficient (Wildman–Crippen LogP) is 4.52. The molecule has 0 aromatic carbocycles. The SMILES string of the molecule is CCn1ncc(-c2cc(C(F)F)nc3sc(C(N)=O)c(NC(=O)c4cc(C(F)(F)F)[nH]n4)c23)c1C. The molecule has 0 atom stereocenters. The summed E-state index contributed by atoms with van der Waals surface area (Å²) in [5.74, 6) is -2.07. The van der Waals surface area contributed by atoms with Crippen LogP contribution >= 0.6 is 11.3 Å². The van der Waals surface area contributed by atoms with Gasteiger partial charge in [0.1, 0.15) is 21.1 Å². The van der Waals surface area contributed by atoms with Gasteiger partial charge in [0.25, 0.3) is 18.2 Å². The molecule has 4 aromatic rings. The standard InChI is InChI=1S/C20H16F5N7O2S/c1-3-32-7(2)9(6-27-32)8-4-10(16(21)22)28-19-13(8)14(15(35-19)17(26)33)29-18(34)11-5-12(31-30-11)20(23,24)25/h4-6,16H,3H2,1-2H3,(H2,26,33)(H,29,34)(H,30,31). The first kappa shape index (κ1) is 24.3. The molecule has 184 valence electrons. The number of aromatic amines is 1. The van der Waals surface area contributed by atoms with Crippen LogP contribution in [0.25, 0.3) is 21.3 Å². The number of carbonyl (C=O) groups excluding carboxylic acids is 2. The first-order valence-electron chi connectivity index (χ1n) is 9.94. The van der Waals surface area contributed by atoms with Crippen LogP contribution in [0.15, 0.2) is 18.3 Å². The molecule has 0 aliphatic rings. The molecule has 4 heterocycles. The molecule has 9 nitrogen and oxygen atoms in total. The van der Waals surface area contributed by atoms with Gasteiger partial charge in [0, 0.05) is 29.3 Å². The maximum absolute atomic E-state index is 13.6. The minimum atomic E-state index is -4.77. The van der Waals surface area contributed by atoms with Gasteiger partial charge in [0.15, 0.2) is 5.69 Å². The van der Waals surface area contributed by atoms with Crippen molar-refractivity contribution < 1.29 is 31.5 Å². The number of aromatic nitrogens is 5. The monoisotopic (exact) mass is 513 g/mol. The van der Waals surface area contributed by atoms with Crippen molar-refractivity contribution in [3.05, 3.63) is 46.0 Å². The number of amides is 2. The van der Waals surface area contributed by atoms with Crippen molar-refractivity contribution in [3.63, 3.8) is 0 Å². The fourth-order valence-corrected chi connectivity index (χ4v) is 4.54. The Morgan fingerprint density at radius 2 is 1.97 bits per heavy atom. The summed E-state index contributed by atoms with van der Waals surface area (Å²) in [4.78, 5) is 28.6. The molecule has 0 fully saturated rings. The molecule has 0 saturated heterocycles. The van der Waals surface area contributed by atoms with Crippen LogP contribution in [0.4, 0.5) is 27.6 Å². The summed E-state index contributed by atoms with van der Waals surface area (Å²) in [6, 6.07) is 1.61. The third-order valence-electron chi connectivity index (χ3n) is 5.18. The van der Waals surface area contributed by atoms with Crippen molar-refractivity contribution in [3.8, 4) is 11.1 Å². The van der Waals surface area contributed by atoms with E-state index < -0.39 is 41.5 Å². The van der Waals surface area contributed by atoms with E-state index in [0.29, 0.717) is 35.2 Å². The molecule has 4 rings (SSSR count). The highest BCUT2D eigenvalue weighted by Crippen LogP contribution is 2.43. The number of alkyl halides is 5. The van der Waals surface area contributed by atoms with E-state index in [9.17, 15) is 31.5 Å². The van der Waals surface area contributed by atoms with Gasteiger partial charge in [-0.15, -0.1) is 11.3 Å². The van der Waals surface area contributed by atoms with Crippen molar-refractivity contribution in [2.45, 2.75) is 33.0 Å². The Kier molecular flexibility index (Phi) is 6.04. The quantitative estimate of drug-likeness (QED) is 0.326. The topological polar surface area (TPSA) is 132 Å². The number of fused-ring (bicyclic) bond motifs is 1. The zero-order valence-corrected chi connectivity index (χ0v) is 18.8. The Morgan fingerprint density at radius 3 is 2.51 bits per heavy atom. The van der Waals surface area contributed by atoms with E-state index in [1.807, 2.05) is 6.92 Å². The number of aryl methyl sites for hydroxylation is 1. The maximum atomic E-state index is 13.6. The Bertz CT molecular complexity index is 1450. The fourth-order valence-electron chi connectivity index (χ4n) is 3.52. The molecule has 0 saturated carbocycles. The molecule has 4 aromatic heterocycles. The maximum Gasteiger partial charge on any atom is 0.432 e. The van der Waals surface area contributed by atoms with Crippen LogP contribution in [0.3, 0.4) is 0 Å². The summed E-state index contributed by atoms with van der Waals surface area (Å²) >= 11 is 0.668. The van der Waals surface area contributed by atoms with Gasteiger partial charge in [0.2, 0.25) is 0 Å². The van der Waals surface area contributed by atoms with Crippen molar-refractivity contribution in [2.24, 2.45) is 5.73 Å². The van der Waals surface area contributed by atoms with E-state index in [-0.39, 0.29) is 26.3 Å². The molecule has 2 amide bonds. The highest BCUT2D eigenvalue weighted by Gasteiger charge is 2.34. The molecular formula is C20H16F5N7O2S. The van der Waals surface area contributed by atoms with Crippen LogP contribution in [0.2, 0.25) is 0 Å². The first-order chi connectivity index (χ1) is 16.4. The minimum absolute atomic E-state index is 0.0245. The number of nitrogens with two attached hydrogens (primary N) is 1. The number of thiophene rings is 1. The van der Waals surface area contributed by atoms with Gasteiger partial charge in [0.05, 0.1) is 11.9 Å². The van der Waals surface area contributed by atoms with Crippen molar-refractivity contribution in [1.82, 2.24) is 25.0 Å². The highest BCUT2D eigenvalue weighted by molar-refractivity contribution is 7.21. The number of carbonyl (C=O) groups is 2. The van der Waals surface area contributed by atoms with Gasteiger partial charge in [-0.05, 0) is 25.5 Å². The Labute approximate surface area is 197 Å². The lowest BCUT2D eigenvalue weighted by molar-refractivity contribution is -0.141. The number of halogens is 5. The molecule has 0 aliphatic heterocycles. The lowest BCUT2D eigenvalue weighted by atomic mass is 10.0. The van der Waals surface area contributed by atoms with Crippen LogP contribution in [-0.4, -0.2) is 36.8 Å². The fraction of sp³-hybridized carbons (Fsp3) is 0.250. The number of nitrogens with one attached hydrogen (secondary N) is 2. The number of hydrogen-bond donors (Lipinski definition) is 3. The molecule has 15 heteroatoms. The van der Waals surface area contributed by atoms with Gasteiger partial charge < -0.3 is 11.1 Å². The smallest absolute Gasteiger partial charge is 0.365 e. The zero-order valence-electron chi connectivity index (χ0n) is 18.0. The Balaban J connectivity index is 1.93. The van der Waals surface area contributed by atoms with Crippen LogP contribution < -0.4 is 11.1 Å². The Hall–Kier alpha value is -3.88. The number of anilines is 1. The molecular weight excluding hydrogens is 497 g/mol. The average Bonchev–Trinajstić information content (AvgIpc) is 3.50. The number of primary amides is 1. The van der Waals surface area contributed by atoms with Crippen LogP contribution in [0.5, 0.6) is 0 Å². The molecule has 0 radical (unpaired) electrons. The molecule has 35 heavy (non-hydrogen) atoms. The van der Waals surface area contributed by atoms with E-state index in [0.717, 1.165) is 6.07 Å². The van der Waals surface area contributed by atoms with E-state index in [1.54, 1.807) is 16.7 Å².